The van der Waals surface area contributed by atoms with Crippen molar-refractivity contribution in [3.63, 3.8) is 0 Å². The van der Waals surface area contributed by atoms with Gasteiger partial charge >= 0.3 is 5.76 Å². The maximum absolute atomic E-state index is 13.1. The van der Waals surface area contributed by atoms with E-state index in [1.165, 1.54) is 4.57 Å². The summed E-state index contributed by atoms with van der Waals surface area (Å²) in [6, 6.07) is 7.28. The molecule has 3 aromatic rings. The molecule has 1 amide bonds. The highest BCUT2D eigenvalue weighted by molar-refractivity contribution is 5.78. The van der Waals surface area contributed by atoms with Crippen molar-refractivity contribution < 1.29 is 9.21 Å². The van der Waals surface area contributed by atoms with Gasteiger partial charge in [-0.1, -0.05) is 12.1 Å². The molecule has 0 radical (unpaired) electrons. The van der Waals surface area contributed by atoms with E-state index in [2.05, 4.69) is 9.97 Å². The van der Waals surface area contributed by atoms with Crippen molar-refractivity contribution in [2.45, 2.75) is 57.7 Å². The van der Waals surface area contributed by atoms with Gasteiger partial charge in [0.05, 0.1) is 11.2 Å². The normalized spacial score (nSPS) is 20.7. The van der Waals surface area contributed by atoms with Gasteiger partial charge < -0.3 is 14.3 Å². The Morgan fingerprint density at radius 1 is 1.21 bits per heavy atom. The highest BCUT2D eigenvalue weighted by Crippen LogP contribution is 2.33. The lowest BCUT2D eigenvalue weighted by Crippen LogP contribution is -2.42. The number of amides is 1. The molecule has 2 atom stereocenters. The summed E-state index contributed by atoms with van der Waals surface area (Å²) in [5.41, 5.74) is 2.65. The molecule has 0 saturated carbocycles. The summed E-state index contributed by atoms with van der Waals surface area (Å²) in [6.45, 7) is 2.05. The number of rotatable bonds is 3. The first-order chi connectivity index (χ1) is 14.0. The molecule has 150 valence electrons. The number of para-hydroxylation sites is 2. The molecule has 2 bridgehead atoms. The minimum Gasteiger partial charge on any atom is -0.408 e. The van der Waals surface area contributed by atoms with Crippen molar-refractivity contribution in [1.82, 2.24) is 19.4 Å². The number of hydrogen-bond donors (Lipinski definition) is 1. The lowest BCUT2D eigenvalue weighted by atomic mass is 9.98. The van der Waals surface area contributed by atoms with Crippen LogP contribution in [0.25, 0.3) is 11.1 Å². The monoisotopic (exact) mass is 394 g/mol. The van der Waals surface area contributed by atoms with Gasteiger partial charge in [0.25, 0.3) is 5.56 Å². The Balaban J connectivity index is 1.38. The number of oxazole rings is 1. The van der Waals surface area contributed by atoms with Gasteiger partial charge in [0.1, 0.15) is 5.82 Å². The van der Waals surface area contributed by atoms with Gasteiger partial charge in [-0.15, -0.1) is 0 Å². The summed E-state index contributed by atoms with van der Waals surface area (Å²) in [6.07, 6.45) is 3.16. The molecule has 0 aliphatic carbocycles. The zero-order valence-corrected chi connectivity index (χ0v) is 16.2. The predicted molar refractivity (Wildman–Crippen MR) is 106 cm³/mol. The van der Waals surface area contributed by atoms with Crippen molar-refractivity contribution >= 4 is 17.0 Å². The average molecular weight is 394 g/mol. The Morgan fingerprint density at radius 3 is 2.79 bits per heavy atom. The zero-order valence-electron chi connectivity index (χ0n) is 16.2. The predicted octanol–water partition coefficient (Wildman–Crippen LogP) is 1.53. The van der Waals surface area contributed by atoms with E-state index in [1.807, 2.05) is 23.1 Å². The number of aromatic amines is 1. The summed E-state index contributed by atoms with van der Waals surface area (Å²) in [5, 5.41) is 0. The summed E-state index contributed by atoms with van der Waals surface area (Å²) in [5.74, 6) is 0.169. The Morgan fingerprint density at radius 2 is 1.97 bits per heavy atom. The summed E-state index contributed by atoms with van der Waals surface area (Å²) in [7, 11) is 0. The average Bonchev–Trinajstić information content (AvgIpc) is 3.16. The Labute approximate surface area is 166 Å². The molecule has 2 aliphatic rings. The summed E-state index contributed by atoms with van der Waals surface area (Å²) < 4.78 is 6.77. The zero-order chi connectivity index (χ0) is 20.1. The first-order valence-electron chi connectivity index (χ1n) is 9.99. The number of H-pyrrole nitrogens is 1. The second-order valence-electron chi connectivity index (χ2n) is 7.91. The molecular weight excluding hydrogens is 372 g/mol. The first kappa shape index (κ1) is 17.9. The van der Waals surface area contributed by atoms with E-state index >= 15 is 0 Å². The largest absolute Gasteiger partial charge is 0.419 e. The van der Waals surface area contributed by atoms with Crippen molar-refractivity contribution in [2.24, 2.45) is 0 Å². The topological polar surface area (TPSA) is 101 Å². The molecule has 1 fully saturated rings. The molecule has 1 aromatic carbocycles. The minimum absolute atomic E-state index is 0.00985. The molecule has 8 heteroatoms. The molecule has 8 nitrogen and oxygen atoms in total. The SMILES string of the molecule is Cc1nc2c(c(=O)[nH]1)CC1CCC(C2)N1C(=O)CCn1c(=O)oc2ccccc21. The number of hydrogen-bond acceptors (Lipinski definition) is 5. The molecular formula is C21H22N4O4. The Hall–Kier alpha value is -3.16. The number of benzene rings is 1. The van der Waals surface area contributed by atoms with Crippen LogP contribution in [0.1, 0.15) is 36.3 Å². The highest BCUT2D eigenvalue weighted by Gasteiger charge is 2.40. The van der Waals surface area contributed by atoms with Crippen LogP contribution in [0.2, 0.25) is 0 Å². The lowest BCUT2D eigenvalue weighted by Gasteiger charge is -2.28. The van der Waals surface area contributed by atoms with Gasteiger partial charge in [-0.3, -0.25) is 14.2 Å². The second kappa shape index (κ2) is 6.72. The van der Waals surface area contributed by atoms with Crippen LogP contribution < -0.4 is 11.3 Å². The number of nitrogens with zero attached hydrogens (tertiary/aromatic N) is 3. The molecule has 1 N–H and O–H groups in total. The molecule has 5 rings (SSSR count). The molecule has 29 heavy (non-hydrogen) atoms. The van der Waals surface area contributed by atoms with E-state index in [4.69, 9.17) is 4.42 Å². The smallest absolute Gasteiger partial charge is 0.408 e. The number of carbonyl (C=O) groups excluding carboxylic acids is 1. The molecule has 2 unspecified atom stereocenters. The third-order valence-electron chi connectivity index (χ3n) is 6.12. The number of aromatic nitrogens is 3. The molecule has 2 aromatic heterocycles. The Kier molecular flexibility index (Phi) is 4.15. The molecule has 4 heterocycles. The van der Waals surface area contributed by atoms with Crippen LogP contribution in [-0.2, 0) is 24.2 Å². The van der Waals surface area contributed by atoms with E-state index in [1.54, 1.807) is 13.0 Å². The van der Waals surface area contributed by atoms with E-state index in [0.29, 0.717) is 35.3 Å². The minimum atomic E-state index is -0.448. The fourth-order valence-corrected chi connectivity index (χ4v) is 4.84. The number of fused-ring (bicyclic) bond motifs is 4. The van der Waals surface area contributed by atoms with Crippen molar-refractivity contribution in [3.8, 4) is 0 Å². The fraction of sp³-hybridized carbons (Fsp3) is 0.429. The van der Waals surface area contributed by atoms with E-state index in [9.17, 15) is 14.4 Å². The maximum Gasteiger partial charge on any atom is 0.419 e. The quantitative estimate of drug-likeness (QED) is 0.726. The van der Waals surface area contributed by atoms with Crippen molar-refractivity contribution in [2.75, 3.05) is 0 Å². The van der Waals surface area contributed by atoms with Crippen LogP contribution in [0.3, 0.4) is 0 Å². The maximum atomic E-state index is 13.1. The third kappa shape index (κ3) is 2.99. The number of nitrogens with one attached hydrogen (secondary N) is 1. The van der Waals surface area contributed by atoms with Crippen LogP contribution in [0, 0.1) is 6.92 Å². The van der Waals surface area contributed by atoms with Crippen LogP contribution in [-0.4, -0.2) is 37.4 Å². The molecule has 2 aliphatic heterocycles. The van der Waals surface area contributed by atoms with Gasteiger partial charge in [0, 0.05) is 43.5 Å². The van der Waals surface area contributed by atoms with Gasteiger partial charge in [0.15, 0.2) is 5.58 Å². The highest BCUT2D eigenvalue weighted by atomic mass is 16.4. The van der Waals surface area contributed by atoms with E-state index in [0.717, 1.165) is 18.5 Å². The van der Waals surface area contributed by atoms with E-state index < -0.39 is 5.76 Å². The number of aryl methyl sites for hydroxylation is 2. The van der Waals surface area contributed by atoms with E-state index in [-0.39, 0.29) is 36.5 Å². The van der Waals surface area contributed by atoms with Gasteiger partial charge in [-0.05, 0) is 31.9 Å². The van der Waals surface area contributed by atoms with Crippen molar-refractivity contribution in [1.29, 1.82) is 0 Å². The fourth-order valence-electron chi connectivity index (χ4n) is 4.84. The van der Waals surface area contributed by atoms with Crippen LogP contribution >= 0.6 is 0 Å². The first-order valence-corrected chi connectivity index (χ1v) is 9.99. The molecule has 0 spiro atoms. The number of carbonyl (C=O) groups is 1. The van der Waals surface area contributed by atoms with Gasteiger partial charge in [-0.2, -0.15) is 0 Å². The van der Waals surface area contributed by atoms with Crippen LogP contribution in [0.5, 0.6) is 0 Å². The second-order valence-corrected chi connectivity index (χ2v) is 7.91. The van der Waals surface area contributed by atoms with Crippen molar-refractivity contribution in [3.05, 3.63) is 62.3 Å². The van der Waals surface area contributed by atoms with Gasteiger partial charge in [-0.25, -0.2) is 9.78 Å². The lowest BCUT2D eigenvalue weighted by molar-refractivity contribution is -0.134. The van der Waals surface area contributed by atoms with Crippen LogP contribution in [0.15, 0.2) is 38.3 Å². The Bertz CT molecular complexity index is 1220. The van der Waals surface area contributed by atoms with Crippen LogP contribution in [0.4, 0.5) is 0 Å². The van der Waals surface area contributed by atoms with Gasteiger partial charge in [0.2, 0.25) is 5.91 Å². The molecule has 1 saturated heterocycles. The standard InChI is InChI=1S/C21H22N4O4/c1-12-22-16-11-14-7-6-13(10-15(16)20(27)23-12)25(14)19(26)8-9-24-17-4-2-3-5-18(17)29-21(24)28/h2-5,13-14H,6-11H2,1H3,(H,22,23,27). The summed E-state index contributed by atoms with van der Waals surface area (Å²) in [4.78, 5) is 46.9. The third-order valence-corrected chi connectivity index (χ3v) is 6.12. The summed E-state index contributed by atoms with van der Waals surface area (Å²) >= 11 is 0.